The van der Waals surface area contributed by atoms with Gasteiger partial charge in [0.1, 0.15) is 18.3 Å². The van der Waals surface area contributed by atoms with Crippen LogP contribution in [-0.2, 0) is 32.6 Å². The number of hydrogen-bond acceptors (Lipinski definition) is 5. The maximum absolute atomic E-state index is 14.7. The van der Waals surface area contributed by atoms with Crippen molar-refractivity contribution < 1.29 is 22.7 Å². The molecule has 0 unspecified atom stereocenters. The molecule has 1 aliphatic carbocycles. The number of hydrogen-bond donors (Lipinski definition) is 1. The second-order valence-corrected chi connectivity index (χ2v) is 14.1. The monoisotopic (exact) mass is 693 g/mol. The highest BCUT2D eigenvalue weighted by Gasteiger charge is 2.36. The summed E-state index contributed by atoms with van der Waals surface area (Å²) < 4.78 is 34.8. The fourth-order valence-electron chi connectivity index (χ4n) is 5.79. The smallest absolute Gasteiger partial charge is 0.264 e. The quantitative estimate of drug-likeness (QED) is 0.164. The number of benzene rings is 4. The van der Waals surface area contributed by atoms with Gasteiger partial charge in [0.05, 0.1) is 17.7 Å². The first-order valence-corrected chi connectivity index (χ1v) is 17.7. The summed E-state index contributed by atoms with van der Waals surface area (Å²) in [5.74, 6) is -0.511. The lowest BCUT2D eigenvalue weighted by atomic mass is 10.0. The summed E-state index contributed by atoms with van der Waals surface area (Å²) >= 11 is 13.2. The van der Waals surface area contributed by atoms with E-state index in [1.54, 1.807) is 60.7 Å². The molecule has 47 heavy (non-hydrogen) atoms. The molecule has 0 aromatic heterocycles. The maximum Gasteiger partial charge on any atom is 0.264 e. The molecule has 11 heteroatoms. The molecule has 8 nitrogen and oxygen atoms in total. The highest BCUT2D eigenvalue weighted by Crippen LogP contribution is 2.30. The van der Waals surface area contributed by atoms with Crippen molar-refractivity contribution in [1.82, 2.24) is 10.2 Å². The highest BCUT2D eigenvalue weighted by molar-refractivity contribution is 7.92. The van der Waals surface area contributed by atoms with Gasteiger partial charge in [-0.3, -0.25) is 13.9 Å². The van der Waals surface area contributed by atoms with E-state index >= 15 is 0 Å². The molecule has 0 heterocycles. The molecule has 2 amide bonds. The number of sulfonamides is 1. The van der Waals surface area contributed by atoms with Crippen LogP contribution in [0.2, 0.25) is 10.0 Å². The molecule has 0 spiro atoms. The fourth-order valence-corrected chi connectivity index (χ4v) is 7.73. The summed E-state index contributed by atoms with van der Waals surface area (Å²) in [4.78, 5) is 30.2. The number of carbonyl (C=O) groups excluding carboxylic acids is 2. The third-order valence-electron chi connectivity index (χ3n) is 8.31. The van der Waals surface area contributed by atoms with Crippen LogP contribution in [0.5, 0.6) is 5.75 Å². The Balaban J connectivity index is 1.60. The Hall–Kier alpha value is -4.05. The molecule has 246 valence electrons. The van der Waals surface area contributed by atoms with Crippen molar-refractivity contribution in [3.63, 3.8) is 0 Å². The van der Waals surface area contributed by atoms with E-state index in [1.165, 1.54) is 24.1 Å². The minimum Gasteiger partial charge on any atom is -0.497 e. The topological polar surface area (TPSA) is 96.0 Å². The van der Waals surface area contributed by atoms with Crippen molar-refractivity contribution >= 4 is 50.7 Å². The van der Waals surface area contributed by atoms with Gasteiger partial charge in [-0.25, -0.2) is 8.42 Å². The molecular formula is C36H37Cl2N3O5S. The van der Waals surface area contributed by atoms with Gasteiger partial charge in [0.25, 0.3) is 10.0 Å². The SMILES string of the molecule is COc1cccc(N(CC(=O)N(Cc2c(Cl)cccc2Cl)[C@H](Cc2ccccc2)C(=O)NC2CCCC2)S(=O)(=O)c2ccccc2)c1. The molecule has 4 aromatic carbocycles. The van der Waals surface area contributed by atoms with Gasteiger partial charge in [-0.1, -0.05) is 96.7 Å². The normalized spacial score (nSPS) is 13.9. The Morgan fingerprint density at radius 2 is 1.49 bits per heavy atom. The lowest BCUT2D eigenvalue weighted by Gasteiger charge is -2.34. The number of amides is 2. The summed E-state index contributed by atoms with van der Waals surface area (Å²) in [5.41, 5.74) is 1.52. The Morgan fingerprint density at radius 3 is 2.13 bits per heavy atom. The minimum absolute atomic E-state index is 0.00614. The van der Waals surface area contributed by atoms with Crippen molar-refractivity contribution in [3.8, 4) is 5.75 Å². The molecule has 1 aliphatic rings. The molecule has 0 bridgehead atoms. The van der Waals surface area contributed by atoms with Crippen molar-refractivity contribution in [2.75, 3.05) is 18.0 Å². The summed E-state index contributed by atoms with van der Waals surface area (Å²) in [5, 5.41) is 3.81. The molecule has 1 fully saturated rings. The van der Waals surface area contributed by atoms with E-state index in [-0.39, 0.29) is 35.5 Å². The van der Waals surface area contributed by atoms with E-state index in [1.807, 2.05) is 30.3 Å². The second-order valence-electron chi connectivity index (χ2n) is 11.4. The first-order chi connectivity index (χ1) is 22.7. The lowest BCUT2D eigenvalue weighted by Crippen LogP contribution is -2.54. The van der Waals surface area contributed by atoms with Crippen LogP contribution in [0.3, 0.4) is 0 Å². The summed E-state index contributed by atoms with van der Waals surface area (Å²) in [7, 11) is -2.76. The van der Waals surface area contributed by atoms with Crippen molar-refractivity contribution in [2.45, 2.75) is 55.6 Å². The van der Waals surface area contributed by atoms with Gasteiger partial charge in [0, 0.05) is 40.7 Å². The van der Waals surface area contributed by atoms with E-state index in [9.17, 15) is 18.0 Å². The molecule has 4 aromatic rings. The van der Waals surface area contributed by atoms with Gasteiger partial charge in [0.15, 0.2) is 0 Å². The third-order valence-corrected chi connectivity index (χ3v) is 10.8. The molecule has 1 saturated carbocycles. The third kappa shape index (κ3) is 8.46. The van der Waals surface area contributed by atoms with Crippen LogP contribution in [0.25, 0.3) is 0 Å². The van der Waals surface area contributed by atoms with Gasteiger partial charge < -0.3 is 15.0 Å². The van der Waals surface area contributed by atoms with Crippen LogP contribution in [0.15, 0.2) is 108 Å². The summed E-state index contributed by atoms with van der Waals surface area (Å²) in [6.45, 7) is -0.723. The largest absolute Gasteiger partial charge is 0.497 e. The first-order valence-electron chi connectivity index (χ1n) is 15.5. The van der Waals surface area contributed by atoms with Crippen LogP contribution < -0.4 is 14.4 Å². The Kier molecular flexibility index (Phi) is 11.4. The number of nitrogens with one attached hydrogen (secondary N) is 1. The van der Waals surface area contributed by atoms with Crippen molar-refractivity contribution in [2.24, 2.45) is 0 Å². The molecule has 1 atom stereocenters. The molecule has 0 radical (unpaired) electrons. The zero-order valence-corrected chi connectivity index (χ0v) is 28.3. The molecule has 5 rings (SSSR count). The van der Waals surface area contributed by atoms with Crippen molar-refractivity contribution in [1.29, 1.82) is 0 Å². The van der Waals surface area contributed by atoms with Crippen LogP contribution >= 0.6 is 23.2 Å². The van der Waals surface area contributed by atoms with Crippen LogP contribution in [0, 0.1) is 0 Å². The predicted molar refractivity (Wildman–Crippen MR) is 185 cm³/mol. The Morgan fingerprint density at radius 1 is 0.872 bits per heavy atom. The molecular weight excluding hydrogens is 657 g/mol. The van der Waals surface area contributed by atoms with Crippen LogP contribution in [0.1, 0.15) is 36.8 Å². The van der Waals surface area contributed by atoms with Crippen LogP contribution in [0.4, 0.5) is 5.69 Å². The predicted octanol–water partition coefficient (Wildman–Crippen LogP) is 6.90. The number of carbonyl (C=O) groups is 2. The van der Waals surface area contributed by atoms with Crippen molar-refractivity contribution in [3.05, 3.63) is 124 Å². The number of nitrogens with zero attached hydrogens (tertiary/aromatic N) is 2. The lowest BCUT2D eigenvalue weighted by molar-refractivity contribution is -0.140. The number of methoxy groups -OCH3 is 1. The van der Waals surface area contributed by atoms with E-state index in [4.69, 9.17) is 27.9 Å². The molecule has 1 N–H and O–H groups in total. The first kappa shape index (κ1) is 34.3. The Bertz CT molecular complexity index is 1760. The van der Waals surface area contributed by atoms with E-state index in [0.29, 0.717) is 21.4 Å². The maximum atomic E-state index is 14.7. The summed E-state index contributed by atoms with van der Waals surface area (Å²) in [6.07, 6.45) is 3.93. The summed E-state index contributed by atoms with van der Waals surface area (Å²) in [6, 6.07) is 27.8. The average Bonchev–Trinajstić information content (AvgIpc) is 3.60. The van der Waals surface area contributed by atoms with Gasteiger partial charge >= 0.3 is 0 Å². The van der Waals surface area contributed by atoms with Gasteiger partial charge in [-0.2, -0.15) is 0 Å². The van der Waals surface area contributed by atoms with Gasteiger partial charge in [-0.15, -0.1) is 0 Å². The fraction of sp³-hybridized carbons (Fsp3) is 0.278. The molecule has 0 aliphatic heterocycles. The second kappa shape index (κ2) is 15.7. The van der Waals surface area contributed by atoms with Crippen LogP contribution in [-0.4, -0.2) is 50.9 Å². The van der Waals surface area contributed by atoms with E-state index < -0.39 is 28.5 Å². The number of rotatable bonds is 13. The minimum atomic E-state index is -4.24. The number of ether oxygens (including phenoxy) is 1. The highest BCUT2D eigenvalue weighted by atomic mass is 35.5. The standard InChI is InChI=1S/C36H37Cl2N3O5S/c1-46-29-17-10-16-28(23-29)41(47(44,45)30-18-6-3-7-19-30)25-35(42)40(24-31-32(37)20-11-21-33(31)38)34(22-26-12-4-2-5-13-26)36(43)39-27-14-8-9-15-27/h2-7,10-13,16-21,23,27,34H,8-9,14-15,22,24-25H2,1H3,(H,39,43)/t34-/m1/s1. The van der Waals surface area contributed by atoms with E-state index in [2.05, 4.69) is 5.32 Å². The van der Waals surface area contributed by atoms with E-state index in [0.717, 1.165) is 35.6 Å². The zero-order valence-electron chi connectivity index (χ0n) is 26.0. The number of halogens is 2. The number of anilines is 1. The van der Waals surface area contributed by atoms with Gasteiger partial charge in [-0.05, 0) is 54.8 Å². The zero-order chi connectivity index (χ0) is 33.4. The van der Waals surface area contributed by atoms with Gasteiger partial charge in [0.2, 0.25) is 11.8 Å². The Labute approximate surface area is 286 Å². The average molecular weight is 695 g/mol. The molecule has 0 saturated heterocycles.